The van der Waals surface area contributed by atoms with Gasteiger partial charge in [0.25, 0.3) is 5.69 Å². The van der Waals surface area contributed by atoms with Crippen LogP contribution in [0.15, 0.2) is 6.07 Å². The van der Waals surface area contributed by atoms with E-state index < -0.39 is 4.92 Å². The van der Waals surface area contributed by atoms with Crippen molar-refractivity contribution in [2.45, 2.75) is 26.7 Å². The zero-order valence-corrected chi connectivity index (χ0v) is 13.5. The standard InChI is InChI=1S/C15H23N3O4/c1-5-7-10-14(16-6-2)12(18(21)22)8-11(15(10)20)13(19)9-17(3)4/h8,16,20H,5-7,9H2,1-4H3. The molecule has 0 aliphatic rings. The van der Waals surface area contributed by atoms with Crippen molar-refractivity contribution in [1.29, 1.82) is 0 Å². The lowest BCUT2D eigenvalue weighted by atomic mass is 9.98. The lowest BCUT2D eigenvalue weighted by Gasteiger charge is -2.16. The molecule has 0 saturated heterocycles. The molecule has 7 nitrogen and oxygen atoms in total. The van der Waals surface area contributed by atoms with Crippen LogP contribution in [-0.2, 0) is 6.42 Å². The molecule has 0 unspecified atom stereocenters. The van der Waals surface area contributed by atoms with Crippen LogP contribution in [0.1, 0.15) is 36.2 Å². The number of rotatable bonds is 8. The van der Waals surface area contributed by atoms with Crippen molar-refractivity contribution in [3.05, 3.63) is 27.3 Å². The van der Waals surface area contributed by atoms with Crippen LogP contribution < -0.4 is 5.32 Å². The number of nitro groups is 1. The number of ketones is 1. The Hall–Kier alpha value is -2.15. The van der Waals surface area contributed by atoms with Crippen LogP contribution in [0, 0.1) is 10.1 Å². The van der Waals surface area contributed by atoms with E-state index in [0.29, 0.717) is 30.6 Å². The van der Waals surface area contributed by atoms with E-state index in [4.69, 9.17) is 0 Å². The van der Waals surface area contributed by atoms with Crippen LogP contribution in [0.5, 0.6) is 5.75 Å². The molecule has 122 valence electrons. The Labute approximate surface area is 130 Å². The maximum atomic E-state index is 12.2. The van der Waals surface area contributed by atoms with Gasteiger partial charge in [0.05, 0.1) is 17.0 Å². The summed E-state index contributed by atoms with van der Waals surface area (Å²) in [7, 11) is 3.45. The van der Waals surface area contributed by atoms with Crippen molar-refractivity contribution in [3.8, 4) is 5.75 Å². The third kappa shape index (κ3) is 3.94. The van der Waals surface area contributed by atoms with E-state index in [1.165, 1.54) is 0 Å². The lowest BCUT2D eigenvalue weighted by molar-refractivity contribution is -0.384. The van der Waals surface area contributed by atoms with Crippen LogP contribution in [0.3, 0.4) is 0 Å². The SMILES string of the molecule is CCCc1c(O)c(C(=O)CN(C)C)cc([N+](=O)[O-])c1NCC. The summed E-state index contributed by atoms with van der Waals surface area (Å²) in [5, 5.41) is 24.7. The van der Waals surface area contributed by atoms with Gasteiger partial charge in [-0.25, -0.2) is 0 Å². The minimum Gasteiger partial charge on any atom is -0.507 e. The molecule has 0 radical (unpaired) electrons. The first-order valence-electron chi connectivity index (χ1n) is 7.28. The summed E-state index contributed by atoms with van der Waals surface area (Å²) in [5.74, 6) is -0.499. The predicted molar refractivity (Wildman–Crippen MR) is 85.8 cm³/mol. The van der Waals surface area contributed by atoms with Gasteiger partial charge >= 0.3 is 0 Å². The van der Waals surface area contributed by atoms with Crippen molar-refractivity contribution in [1.82, 2.24) is 4.90 Å². The fourth-order valence-corrected chi connectivity index (χ4v) is 2.31. The Morgan fingerprint density at radius 3 is 2.50 bits per heavy atom. The molecule has 1 aromatic carbocycles. The van der Waals surface area contributed by atoms with E-state index in [1.54, 1.807) is 19.0 Å². The van der Waals surface area contributed by atoms with Crippen molar-refractivity contribution >= 4 is 17.2 Å². The largest absolute Gasteiger partial charge is 0.507 e. The van der Waals surface area contributed by atoms with Gasteiger partial charge in [0.1, 0.15) is 11.4 Å². The topological polar surface area (TPSA) is 95.7 Å². The van der Waals surface area contributed by atoms with Gasteiger partial charge in [-0.1, -0.05) is 13.3 Å². The highest BCUT2D eigenvalue weighted by Gasteiger charge is 2.26. The Morgan fingerprint density at radius 1 is 1.41 bits per heavy atom. The van der Waals surface area contributed by atoms with Crippen LogP contribution in [0.4, 0.5) is 11.4 Å². The van der Waals surface area contributed by atoms with E-state index in [-0.39, 0.29) is 29.3 Å². The van der Waals surface area contributed by atoms with E-state index in [0.717, 1.165) is 6.07 Å². The number of phenolic OH excluding ortho intramolecular Hbond substituents is 1. The molecule has 1 aromatic rings. The molecular weight excluding hydrogens is 286 g/mol. The number of aromatic hydroxyl groups is 1. The number of benzene rings is 1. The van der Waals surface area contributed by atoms with Crippen LogP contribution >= 0.6 is 0 Å². The number of likely N-dealkylation sites (N-methyl/N-ethyl adjacent to an activating group) is 1. The van der Waals surface area contributed by atoms with Gasteiger partial charge in [0, 0.05) is 18.2 Å². The molecule has 7 heteroatoms. The molecule has 2 N–H and O–H groups in total. The van der Waals surface area contributed by atoms with Gasteiger partial charge in [-0.3, -0.25) is 14.9 Å². The molecule has 0 aliphatic heterocycles. The third-order valence-corrected chi connectivity index (χ3v) is 3.19. The van der Waals surface area contributed by atoms with Crippen LogP contribution in [0.2, 0.25) is 0 Å². The fraction of sp³-hybridized carbons (Fsp3) is 0.533. The summed E-state index contributed by atoms with van der Waals surface area (Å²) in [6, 6.07) is 1.16. The molecule has 22 heavy (non-hydrogen) atoms. The Morgan fingerprint density at radius 2 is 2.05 bits per heavy atom. The number of nitro benzene ring substituents is 1. The Balaban J connectivity index is 3.53. The second-order valence-electron chi connectivity index (χ2n) is 5.34. The molecular formula is C15H23N3O4. The molecule has 1 rings (SSSR count). The lowest BCUT2D eigenvalue weighted by Crippen LogP contribution is -2.22. The van der Waals surface area contributed by atoms with Gasteiger partial charge in [-0.05, 0) is 27.4 Å². The van der Waals surface area contributed by atoms with Gasteiger partial charge in [0.15, 0.2) is 5.78 Å². The van der Waals surface area contributed by atoms with Gasteiger partial charge < -0.3 is 15.3 Å². The van der Waals surface area contributed by atoms with Gasteiger partial charge in [-0.2, -0.15) is 0 Å². The van der Waals surface area contributed by atoms with Gasteiger partial charge in [-0.15, -0.1) is 0 Å². The zero-order valence-electron chi connectivity index (χ0n) is 13.5. The summed E-state index contributed by atoms with van der Waals surface area (Å²) in [5.41, 5.74) is 0.560. The Kier molecular flexibility index (Phi) is 6.30. The normalized spacial score (nSPS) is 10.8. The number of hydrogen-bond donors (Lipinski definition) is 2. The van der Waals surface area contributed by atoms with Crippen molar-refractivity contribution in [2.24, 2.45) is 0 Å². The molecule has 0 heterocycles. The number of hydrogen-bond acceptors (Lipinski definition) is 6. The molecule has 0 saturated carbocycles. The van der Waals surface area contributed by atoms with Crippen molar-refractivity contribution in [3.63, 3.8) is 0 Å². The first kappa shape index (κ1) is 17.9. The number of carbonyl (C=O) groups is 1. The number of phenols is 1. The highest BCUT2D eigenvalue weighted by Crippen LogP contribution is 2.38. The number of Topliss-reactive ketones (excluding diaryl/α,β-unsaturated/α-hetero) is 1. The second-order valence-corrected chi connectivity index (χ2v) is 5.34. The molecule has 0 aromatic heterocycles. The molecule has 0 bridgehead atoms. The molecule has 0 amide bonds. The van der Waals surface area contributed by atoms with E-state index in [9.17, 15) is 20.0 Å². The van der Waals surface area contributed by atoms with E-state index in [1.807, 2.05) is 13.8 Å². The summed E-state index contributed by atoms with van der Waals surface area (Å²) < 4.78 is 0. The first-order valence-corrected chi connectivity index (χ1v) is 7.28. The summed E-state index contributed by atoms with van der Waals surface area (Å²) in [4.78, 5) is 24.7. The minimum absolute atomic E-state index is 0.00510. The highest BCUT2D eigenvalue weighted by molar-refractivity contribution is 6.02. The van der Waals surface area contributed by atoms with Crippen LogP contribution in [0.25, 0.3) is 0 Å². The number of nitrogens with one attached hydrogen (secondary N) is 1. The first-order chi connectivity index (χ1) is 10.3. The summed E-state index contributed by atoms with van der Waals surface area (Å²) >= 11 is 0. The predicted octanol–water partition coefficient (Wildman–Crippen LogP) is 2.43. The average Bonchev–Trinajstić information content (AvgIpc) is 2.41. The Bertz CT molecular complexity index is 570. The van der Waals surface area contributed by atoms with Crippen molar-refractivity contribution < 1.29 is 14.8 Å². The maximum Gasteiger partial charge on any atom is 0.293 e. The molecule has 0 fully saturated rings. The monoisotopic (exact) mass is 309 g/mol. The fourth-order valence-electron chi connectivity index (χ4n) is 2.31. The number of anilines is 1. The molecule has 0 atom stereocenters. The van der Waals surface area contributed by atoms with Crippen LogP contribution in [-0.4, -0.2) is 47.9 Å². The number of carbonyl (C=O) groups excluding carboxylic acids is 1. The molecule has 0 aliphatic carbocycles. The van der Waals surface area contributed by atoms with Gasteiger partial charge in [0.2, 0.25) is 0 Å². The maximum absolute atomic E-state index is 12.2. The smallest absolute Gasteiger partial charge is 0.293 e. The second kappa shape index (κ2) is 7.74. The highest BCUT2D eigenvalue weighted by atomic mass is 16.6. The van der Waals surface area contributed by atoms with E-state index in [2.05, 4.69) is 5.32 Å². The quantitative estimate of drug-likeness (QED) is 0.435. The van der Waals surface area contributed by atoms with Crippen molar-refractivity contribution in [2.75, 3.05) is 32.5 Å². The van der Waals surface area contributed by atoms with E-state index >= 15 is 0 Å². The summed E-state index contributed by atoms with van der Waals surface area (Å²) in [6.45, 7) is 4.30. The average molecular weight is 309 g/mol. The third-order valence-electron chi connectivity index (χ3n) is 3.19. The molecule has 0 spiro atoms. The summed E-state index contributed by atoms with van der Waals surface area (Å²) in [6.07, 6.45) is 1.16. The minimum atomic E-state index is -0.525. The number of nitrogens with zero attached hydrogens (tertiary/aromatic N) is 2. The zero-order chi connectivity index (χ0) is 16.9.